The monoisotopic (exact) mass is 263 g/mol. The molecule has 0 unspecified atom stereocenters. The Balaban J connectivity index is 2.75. The van der Waals surface area contributed by atoms with Gasteiger partial charge in [0.05, 0.1) is 6.61 Å². The fourth-order valence-corrected chi connectivity index (χ4v) is 1.11. The molecule has 1 aromatic rings. The fraction of sp³-hybridized carbons (Fsp3) is 0.636. The van der Waals surface area contributed by atoms with E-state index in [2.05, 4.69) is 9.97 Å². The molecule has 1 heterocycles. The molecular formula is C11H16F3N3O. The van der Waals surface area contributed by atoms with Crippen LogP contribution in [0, 0.1) is 5.41 Å². The largest absolute Gasteiger partial charge is 0.478 e. The normalized spacial score (nSPS) is 12.6. The van der Waals surface area contributed by atoms with Gasteiger partial charge >= 0.3 is 6.18 Å². The van der Waals surface area contributed by atoms with E-state index in [0.29, 0.717) is 6.42 Å². The number of rotatable bonds is 3. The first-order valence-corrected chi connectivity index (χ1v) is 5.42. The Labute approximate surface area is 103 Å². The summed E-state index contributed by atoms with van der Waals surface area (Å²) in [5.74, 6) is -1.70. The summed E-state index contributed by atoms with van der Waals surface area (Å²) in [5.41, 5.74) is 5.32. The summed E-state index contributed by atoms with van der Waals surface area (Å²) in [6.07, 6.45) is -3.93. The van der Waals surface area contributed by atoms with Gasteiger partial charge in [0.1, 0.15) is 5.82 Å². The van der Waals surface area contributed by atoms with E-state index >= 15 is 0 Å². The van der Waals surface area contributed by atoms with Crippen LogP contribution in [0.5, 0.6) is 5.88 Å². The molecule has 0 saturated carbocycles. The topological polar surface area (TPSA) is 61.0 Å². The molecule has 0 amide bonds. The van der Waals surface area contributed by atoms with Crippen LogP contribution in [0.1, 0.15) is 33.0 Å². The maximum absolute atomic E-state index is 12.4. The summed E-state index contributed by atoms with van der Waals surface area (Å²) in [6, 6.07) is 1.18. The number of alkyl halides is 3. The lowest BCUT2D eigenvalue weighted by Crippen LogP contribution is -2.15. The van der Waals surface area contributed by atoms with Gasteiger partial charge in [-0.1, -0.05) is 20.8 Å². The Morgan fingerprint density at radius 1 is 1.22 bits per heavy atom. The first kappa shape index (κ1) is 14.5. The number of nitrogens with two attached hydrogens (primary N) is 1. The highest BCUT2D eigenvalue weighted by molar-refractivity contribution is 5.33. The van der Waals surface area contributed by atoms with E-state index in [0.717, 1.165) is 0 Å². The van der Waals surface area contributed by atoms with Crippen LogP contribution in [0.15, 0.2) is 6.07 Å². The molecular weight excluding hydrogens is 247 g/mol. The maximum atomic E-state index is 12.4. The van der Waals surface area contributed by atoms with Gasteiger partial charge in [-0.2, -0.15) is 18.2 Å². The van der Waals surface area contributed by atoms with Crippen molar-refractivity contribution in [2.45, 2.75) is 33.4 Å². The van der Waals surface area contributed by atoms with Gasteiger partial charge in [0.25, 0.3) is 0 Å². The molecule has 0 aliphatic rings. The quantitative estimate of drug-likeness (QED) is 0.910. The summed E-state index contributed by atoms with van der Waals surface area (Å²) >= 11 is 0. The van der Waals surface area contributed by atoms with Gasteiger partial charge in [0.15, 0.2) is 0 Å². The van der Waals surface area contributed by atoms with Crippen LogP contribution in [-0.2, 0) is 6.18 Å². The lowest BCUT2D eigenvalue weighted by Gasteiger charge is -2.18. The van der Waals surface area contributed by atoms with Crippen molar-refractivity contribution in [1.29, 1.82) is 0 Å². The predicted octanol–water partition coefficient (Wildman–Crippen LogP) is 2.89. The smallest absolute Gasteiger partial charge is 0.451 e. The second kappa shape index (κ2) is 4.99. The van der Waals surface area contributed by atoms with Crippen LogP contribution in [0.25, 0.3) is 0 Å². The number of nitrogens with zero attached hydrogens (tertiary/aromatic N) is 2. The Hall–Kier alpha value is -1.53. The molecule has 0 aliphatic carbocycles. The SMILES string of the molecule is CC(C)(C)CCOc1cc(N)nc(C(F)(F)F)n1. The van der Waals surface area contributed by atoms with E-state index in [9.17, 15) is 13.2 Å². The molecule has 7 heteroatoms. The molecule has 0 fully saturated rings. The van der Waals surface area contributed by atoms with Crippen molar-refractivity contribution in [2.24, 2.45) is 5.41 Å². The minimum atomic E-state index is -4.63. The third-order valence-corrected chi connectivity index (χ3v) is 2.08. The zero-order valence-corrected chi connectivity index (χ0v) is 10.5. The van der Waals surface area contributed by atoms with Crippen LogP contribution in [0.4, 0.5) is 19.0 Å². The Morgan fingerprint density at radius 3 is 2.33 bits per heavy atom. The van der Waals surface area contributed by atoms with Crippen molar-refractivity contribution in [2.75, 3.05) is 12.3 Å². The van der Waals surface area contributed by atoms with Crippen LogP contribution in [-0.4, -0.2) is 16.6 Å². The highest BCUT2D eigenvalue weighted by atomic mass is 19.4. The highest BCUT2D eigenvalue weighted by Gasteiger charge is 2.35. The fourth-order valence-electron chi connectivity index (χ4n) is 1.11. The van der Waals surface area contributed by atoms with Gasteiger partial charge in [-0.15, -0.1) is 0 Å². The molecule has 0 saturated heterocycles. The van der Waals surface area contributed by atoms with Crippen molar-refractivity contribution in [3.8, 4) is 5.88 Å². The first-order chi connectivity index (χ1) is 8.08. The van der Waals surface area contributed by atoms with E-state index in [1.165, 1.54) is 6.07 Å². The minimum absolute atomic E-state index is 0.0332. The lowest BCUT2D eigenvalue weighted by atomic mass is 9.93. The molecule has 18 heavy (non-hydrogen) atoms. The van der Waals surface area contributed by atoms with Crippen molar-refractivity contribution in [3.05, 3.63) is 11.9 Å². The summed E-state index contributed by atoms with van der Waals surface area (Å²) in [7, 11) is 0. The average Bonchev–Trinajstić information content (AvgIpc) is 2.13. The van der Waals surface area contributed by atoms with Gasteiger partial charge in [-0.05, 0) is 11.8 Å². The molecule has 0 radical (unpaired) electrons. The van der Waals surface area contributed by atoms with E-state index < -0.39 is 12.0 Å². The van der Waals surface area contributed by atoms with Crippen LogP contribution in [0.2, 0.25) is 0 Å². The number of hydrogen-bond acceptors (Lipinski definition) is 4. The van der Waals surface area contributed by atoms with E-state index in [1.54, 1.807) is 0 Å². The summed E-state index contributed by atoms with van der Waals surface area (Å²) in [5, 5.41) is 0. The minimum Gasteiger partial charge on any atom is -0.478 e. The Bertz CT molecular complexity index is 413. The van der Waals surface area contributed by atoms with Crippen molar-refractivity contribution < 1.29 is 17.9 Å². The molecule has 102 valence electrons. The first-order valence-electron chi connectivity index (χ1n) is 5.42. The second-order valence-electron chi connectivity index (χ2n) is 5.11. The third-order valence-electron chi connectivity index (χ3n) is 2.08. The van der Waals surface area contributed by atoms with E-state index in [-0.39, 0.29) is 23.7 Å². The Kier molecular flexibility index (Phi) is 4.03. The zero-order valence-electron chi connectivity index (χ0n) is 10.5. The molecule has 0 spiro atoms. The third kappa shape index (κ3) is 4.77. The van der Waals surface area contributed by atoms with Gasteiger partial charge in [-0.25, -0.2) is 4.98 Å². The maximum Gasteiger partial charge on any atom is 0.451 e. The second-order valence-corrected chi connectivity index (χ2v) is 5.11. The highest BCUT2D eigenvalue weighted by Crippen LogP contribution is 2.28. The van der Waals surface area contributed by atoms with Crippen LogP contribution < -0.4 is 10.5 Å². The number of anilines is 1. The van der Waals surface area contributed by atoms with Crippen LogP contribution >= 0.6 is 0 Å². The molecule has 0 aliphatic heterocycles. The summed E-state index contributed by atoms with van der Waals surface area (Å²) < 4.78 is 42.4. The standard InChI is InChI=1S/C11H16F3N3O/c1-10(2,3)4-5-18-8-6-7(15)16-9(17-8)11(12,13)14/h6H,4-5H2,1-3H3,(H2,15,16,17). The average molecular weight is 263 g/mol. The van der Waals surface area contributed by atoms with Gasteiger partial charge < -0.3 is 10.5 Å². The zero-order chi connectivity index (χ0) is 14.0. The lowest BCUT2D eigenvalue weighted by molar-refractivity contribution is -0.145. The molecule has 0 atom stereocenters. The van der Waals surface area contributed by atoms with Crippen molar-refractivity contribution in [1.82, 2.24) is 9.97 Å². The molecule has 1 aromatic heterocycles. The van der Waals surface area contributed by atoms with Crippen molar-refractivity contribution >= 4 is 5.82 Å². The predicted molar refractivity (Wildman–Crippen MR) is 61.0 cm³/mol. The van der Waals surface area contributed by atoms with E-state index in [4.69, 9.17) is 10.5 Å². The molecule has 1 rings (SSSR count). The summed E-state index contributed by atoms with van der Waals surface area (Å²) in [4.78, 5) is 6.41. The van der Waals surface area contributed by atoms with Crippen molar-refractivity contribution in [3.63, 3.8) is 0 Å². The number of hydrogen-bond donors (Lipinski definition) is 1. The molecule has 0 bridgehead atoms. The summed E-state index contributed by atoms with van der Waals surface area (Å²) in [6.45, 7) is 6.29. The number of nitrogen functional groups attached to an aromatic ring is 1. The number of aromatic nitrogens is 2. The van der Waals surface area contributed by atoms with Gasteiger partial charge in [0, 0.05) is 6.07 Å². The Morgan fingerprint density at radius 2 is 1.83 bits per heavy atom. The number of ether oxygens (including phenoxy) is 1. The van der Waals surface area contributed by atoms with Crippen LogP contribution in [0.3, 0.4) is 0 Å². The molecule has 0 aromatic carbocycles. The van der Waals surface area contributed by atoms with E-state index in [1.807, 2.05) is 20.8 Å². The molecule has 4 nitrogen and oxygen atoms in total. The number of halogens is 3. The van der Waals surface area contributed by atoms with Gasteiger partial charge in [0.2, 0.25) is 11.7 Å². The van der Waals surface area contributed by atoms with Gasteiger partial charge in [-0.3, -0.25) is 0 Å². The molecule has 2 N–H and O–H groups in total.